The molecule has 0 aliphatic carbocycles. The standard InChI is InChI=1S/C20H18ClN3O/c1-14-2-7-19(23-13-15-8-10-22-11-9-15)18(12-14)20(25)24-17-5-3-16(21)4-6-17/h2-12,23H,13H2,1H3,(H,24,25). The molecule has 2 aromatic carbocycles. The molecule has 4 nitrogen and oxygen atoms in total. The molecule has 25 heavy (non-hydrogen) atoms. The highest BCUT2D eigenvalue weighted by atomic mass is 35.5. The molecule has 1 aromatic heterocycles. The van der Waals surface area contributed by atoms with Crippen molar-refractivity contribution >= 4 is 28.9 Å². The van der Waals surface area contributed by atoms with Crippen LogP contribution in [0.1, 0.15) is 21.5 Å². The van der Waals surface area contributed by atoms with E-state index in [4.69, 9.17) is 11.6 Å². The van der Waals surface area contributed by atoms with Crippen LogP contribution in [-0.4, -0.2) is 10.9 Å². The first-order valence-electron chi connectivity index (χ1n) is 7.92. The van der Waals surface area contributed by atoms with Crippen molar-refractivity contribution in [2.75, 3.05) is 10.6 Å². The summed E-state index contributed by atoms with van der Waals surface area (Å²) in [7, 11) is 0. The predicted molar refractivity (Wildman–Crippen MR) is 102 cm³/mol. The van der Waals surface area contributed by atoms with E-state index in [0.29, 0.717) is 22.8 Å². The van der Waals surface area contributed by atoms with Crippen LogP contribution < -0.4 is 10.6 Å². The third kappa shape index (κ3) is 4.58. The topological polar surface area (TPSA) is 54.0 Å². The zero-order valence-electron chi connectivity index (χ0n) is 13.8. The van der Waals surface area contributed by atoms with Crippen molar-refractivity contribution in [3.05, 3.63) is 88.7 Å². The van der Waals surface area contributed by atoms with Gasteiger partial charge >= 0.3 is 0 Å². The van der Waals surface area contributed by atoms with Gasteiger partial charge in [-0.1, -0.05) is 23.2 Å². The second-order valence-electron chi connectivity index (χ2n) is 5.72. The summed E-state index contributed by atoms with van der Waals surface area (Å²) in [4.78, 5) is 16.7. The Labute approximate surface area is 151 Å². The first-order chi connectivity index (χ1) is 12.1. The van der Waals surface area contributed by atoms with Gasteiger partial charge < -0.3 is 10.6 Å². The predicted octanol–water partition coefficient (Wildman–Crippen LogP) is 4.91. The van der Waals surface area contributed by atoms with Gasteiger partial charge in [-0.2, -0.15) is 0 Å². The minimum absolute atomic E-state index is 0.164. The van der Waals surface area contributed by atoms with Gasteiger partial charge in [0.25, 0.3) is 5.91 Å². The van der Waals surface area contributed by atoms with E-state index in [-0.39, 0.29) is 5.91 Å². The van der Waals surface area contributed by atoms with Crippen LogP contribution in [0.4, 0.5) is 11.4 Å². The number of aromatic nitrogens is 1. The number of benzene rings is 2. The summed E-state index contributed by atoms with van der Waals surface area (Å²) in [6.45, 7) is 2.58. The fraction of sp³-hybridized carbons (Fsp3) is 0.100. The first-order valence-corrected chi connectivity index (χ1v) is 8.30. The maximum Gasteiger partial charge on any atom is 0.257 e. The van der Waals surface area contributed by atoms with Gasteiger partial charge in [0.2, 0.25) is 0 Å². The zero-order valence-corrected chi connectivity index (χ0v) is 14.5. The van der Waals surface area contributed by atoms with E-state index < -0.39 is 0 Å². The molecule has 1 amide bonds. The number of anilines is 2. The van der Waals surface area contributed by atoms with Crippen LogP contribution in [0, 0.1) is 6.92 Å². The van der Waals surface area contributed by atoms with Crippen LogP contribution in [-0.2, 0) is 6.54 Å². The van der Waals surface area contributed by atoms with Crippen LogP contribution in [0.5, 0.6) is 0 Å². The molecular weight excluding hydrogens is 334 g/mol. The highest BCUT2D eigenvalue weighted by Crippen LogP contribution is 2.21. The summed E-state index contributed by atoms with van der Waals surface area (Å²) in [5, 5.41) is 6.86. The van der Waals surface area contributed by atoms with Gasteiger partial charge in [-0.05, 0) is 61.0 Å². The molecule has 0 aliphatic rings. The molecule has 0 saturated heterocycles. The molecule has 3 rings (SSSR count). The third-order valence-electron chi connectivity index (χ3n) is 3.75. The van der Waals surface area contributed by atoms with Gasteiger partial charge in [0.05, 0.1) is 5.56 Å². The number of aryl methyl sites for hydroxylation is 1. The number of hydrogen-bond donors (Lipinski definition) is 2. The Morgan fingerprint density at radius 2 is 1.76 bits per heavy atom. The Kier molecular flexibility index (Phi) is 5.31. The van der Waals surface area contributed by atoms with Crippen molar-refractivity contribution in [3.8, 4) is 0 Å². The molecule has 0 bridgehead atoms. The summed E-state index contributed by atoms with van der Waals surface area (Å²) in [6.07, 6.45) is 3.50. The maximum absolute atomic E-state index is 12.7. The Bertz CT molecular complexity index is 864. The molecule has 0 aliphatic heterocycles. The van der Waals surface area contributed by atoms with Gasteiger partial charge in [0, 0.05) is 35.3 Å². The fourth-order valence-electron chi connectivity index (χ4n) is 2.43. The first kappa shape index (κ1) is 17.0. The molecule has 0 fully saturated rings. The Balaban J connectivity index is 1.78. The van der Waals surface area contributed by atoms with E-state index >= 15 is 0 Å². The molecule has 2 N–H and O–H groups in total. The minimum atomic E-state index is -0.164. The highest BCUT2D eigenvalue weighted by molar-refractivity contribution is 6.30. The Morgan fingerprint density at radius 1 is 1.04 bits per heavy atom. The van der Waals surface area contributed by atoms with Crippen LogP contribution in [0.15, 0.2) is 67.0 Å². The number of rotatable bonds is 5. The number of nitrogens with zero attached hydrogens (tertiary/aromatic N) is 1. The quantitative estimate of drug-likeness (QED) is 0.686. The largest absolute Gasteiger partial charge is 0.380 e. The van der Waals surface area contributed by atoms with E-state index in [1.165, 1.54) is 0 Å². The minimum Gasteiger partial charge on any atom is -0.380 e. The number of hydrogen-bond acceptors (Lipinski definition) is 3. The zero-order chi connectivity index (χ0) is 17.6. The molecule has 0 atom stereocenters. The number of carbonyl (C=O) groups excluding carboxylic acids is 1. The molecule has 126 valence electrons. The van der Waals surface area contributed by atoms with Crippen LogP contribution in [0.3, 0.4) is 0 Å². The Morgan fingerprint density at radius 3 is 2.48 bits per heavy atom. The van der Waals surface area contributed by atoms with E-state index in [1.807, 2.05) is 37.3 Å². The number of carbonyl (C=O) groups is 1. The van der Waals surface area contributed by atoms with Gasteiger partial charge in [-0.15, -0.1) is 0 Å². The highest BCUT2D eigenvalue weighted by Gasteiger charge is 2.12. The summed E-state index contributed by atoms with van der Waals surface area (Å²) >= 11 is 5.88. The number of amides is 1. The lowest BCUT2D eigenvalue weighted by atomic mass is 10.1. The summed E-state index contributed by atoms with van der Waals surface area (Å²) in [5.74, 6) is -0.164. The number of pyridine rings is 1. The van der Waals surface area contributed by atoms with Crippen molar-refractivity contribution in [1.82, 2.24) is 4.98 Å². The molecule has 3 aromatic rings. The van der Waals surface area contributed by atoms with Crippen molar-refractivity contribution < 1.29 is 4.79 Å². The second kappa shape index (κ2) is 7.81. The lowest BCUT2D eigenvalue weighted by molar-refractivity contribution is 0.102. The molecule has 0 radical (unpaired) electrons. The fourth-order valence-corrected chi connectivity index (χ4v) is 2.56. The molecule has 0 unspecified atom stereocenters. The molecule has 5 heteroatoms. The van der Waals surface area contributed by atoms with Gasteiger partial charge in [-0.25, -0.2) is 0 Å². The van der Waals surface area contributed by atoms with Crippen LogP contribution in [0.2, 0.25) is 5.02 Å². The van der Waals surface area contributed by atoms with Gasteiger partial charge in [0.15, 0.2) is 0 Å². The Hall–Kier alpha value is -2.85. The van der Waals surface area contributed by atoms with Crippen molar-refractivity contribution in [1.29, 1.82) is 0 Å². The number of nitrogens with one attached hydrogen (secondary N) is 2. The monoisotopic (exact) mass is 351 g/mol. The second-order valence-corrected chi connectivity index (χ2v) is 6.16. The molecule has 0 saturated carbocycles. The lowest BCUT2D eigenvalue weighted by Gasteiger charge is -2.13. The van der Waals surface area contributed by atoms with Crippen LogP contribution in [0.25, 0.3) is 0 Å². The average molecular weight is 352 g/mol. The smallest absolute Gasteiger partial charge is 0.257 e. The normalized spacial score (nSPS) is 10.3. The van der Waals surface area contributed by atoms with E-state index in [2.05, 4.69) is 15.6 Å². The molecular formula is C20H18ClN3O. The van der Waals surface area contributed by atoms with E-state index in [1.54, 1.807) is 36.7 Å². The number of halogens is 1. The van der Waals surface area contributed by atoms with Crippen LogP contribution >= 0.6 is 11.6 Å². The van der Waals surface area contributed by atoms with E-state index in [9.17, 15) is 4.79 Å². The third-order valence-corrected chi connectivity index (χ3v) is 4.01. The maximum atomic E-state index is 12.7. The SMILES string of the molecule is Cc1ccc(NCc2ccncc2)c(C(=O)Nc2ccc(Cl)cc2)c1. The average Bonchev–Trinajstić information content (AvgIpc) is 2.63. The van der Waals surface area contributed by atoms with E-state index in [0.717, 1.165) is 16.8 Å². The summed E-state index contributed by atoms with van der Waals surface area (Å²) in [6, 6.07) is 16.7. The van der Waals surface area contributed by atoms with Crippen molar-refractivity contribution in [2.24, 2.45) is 0 Å². The van der Waals surface area contributed by atoms with Crippen molar-refractivity contribution in [3.63, 3.8) is 0 Å². The lowest BCUT2D eigenvalue weighted by Crippen LogP contribution is -2.15. The van der Waals surface area contributed by atoms with Crippen molar-refractivity contribution in [2.45, 2.75) is 13.5 Å². The van der Waals surface area contributed by atoms with Gasteiger partial charge in [0.1, 0.15) is 0 Å². The summed E-state index contributed by atoms with van der Waals surface area (Å²) in [5.41, 5.74) is 4.21. The summed E-state index contributed by atoms with van der Waals surface area (Å²) < 4.78 is 0. The molecule has 1 heterocycles. The molecule has 0 spiro atoms. The van der Waals surface area contributed by atoms with Gasteiger partial charge in [-0.3, -0.25) is 9.78 Å².